The topological polar surface area (TPSA) is 63.9 Å². The maximum absolute atomic E-state index is 13.4. The first kappa shape index (κ1) is 21.9. The van der Waals surface area contributed by atoms with Crippen LogP contribution < -0.4 is 0 Å². The molecule has 0 radical (unpaired) electrons. The van der Waals surface area contributed by atoms with Gasteiger partial charge in [-0.25, -0.2) is 9.67 Å². The van der Waals surface area contributed by atoms with E-state index in [-0.39, 0.29) is 5.91 Å². The molecule has 1 fully saturated rings. The van der Waals surface area contributed by atoms with Gasteiger partial charge in [0.1, 0.15) is 5.82 Å². The third kappa shape index (κ3) is 4.96. The highest BCUT2D eigenvalue weighted by molar-refractivity contribution is 5.88. The predicted molar refractivity (Wildman–Crippen MR) is 127 cm³/mol. The van der Waals surface area contributed by atoms with Crippen molar-refractivity contribution in [2.24, 2.45) is 0 Å². The third-order valence-electron chi connectivity index (χ3n) is 6.32. The molecule has 1 aromatic carbocycles. The van der Waals surface area contributed by atoms with Crippen LogP contribution in [0.3, 0.4) is 0 Å². The fourth-order valence-electron chi connectivity index (χ4n) is 4.53. The Bertz CT molecular complexity index is 1080. The molecular formula is C26H31N5O. The Labute approximate surface area is 190 Å². The number of hydrogen-bond acceptors (Lipinski definition) is 4. The molecule has 3 aromatic rings. The lowest BCUT2D eigenvalue weighted by Crippen LogP contribution is -2.41. The Hall–Kier alpha value is -3.28. The molecule has 1 saturated carbocycles. The van der Waals surface area contributed by atoms with Gasteiger partial charge < -0.3 is 4.90 Å². The van der Waals surface area contributed by atoms with Crippen molar-refractivity contribution in [3.63, 3.8) is 0 Å². The minimum Gasteiger partial charge on any atom is -0.338 e. The zero-order valence-electron chi connectivity index (χ0n) is 19.0. The van der Waals surface area contributed by atoms with Crippen molar-refractivity contribution >= 4 is 11.5 Å². The first-order chi connectivity index (χ1) is 15.5. The average molecular weight is 430 g/mol. The van der Waals surface area contributed by atoms with E-state index in [2.05, 4.69) is 39.5 Å². The van der Waals surface area contributed by atoms with Gasteiger partial charge in [0.25, 0.3) is 0 Å². The van der Waals surface area contributed by atoms with Crippen molar-refractivity contribution in [3.8, 4) is 11.4 Å². The van der Waals surface area contributed by atoms with Crippen LogP contribution in [0.5, 0.6) is 0 Å². The van der Waals surface area contributed by atoms with Gasteiger partial charge >= 0.3 is 0 Å². The minimum atomic E-state index is 0.150. The Morgan fingerprint density at radius 1 is 1.12 bits per heavy atom. The maximum Gasteiger partial charge on any atom is 0.227 e. The molecule has 1 amide bonds. The van der Waals surface area contributed by atoms with Crippen LogP contribution >= 0.6 is 0 Å². The fraction of sp³-hybridized carbons (Fsp3) is 0.385. The highest BCUT2D eigenvalue weighted by atomic mass is 16.2. The van der Waals surface area contributed by atoms with Gasteiger partial charge in [0, 0.05) is 30.5 Å². The lowest BCUT2D eigenvalue weighted by molar-refractivity contribution is -0.132. The number of pyridine rings is 1. The van der Waals surface area contributed by atoms with Crippen molar-refractivity contribution in [2.45, 2.75) is 58.5 Å². The normalized spacial score (nSPS) is 13.9. The summed E-state index contributed by atoms with van der Waals surface area (Å²) in [6, 6.07) is 12.2. The van der Waals surface area contributed by atoms with E-state index >= 15 is 0 Å². The van der Waals surface area contributed by atoms with Crippen LogP contribution in [0.4, 0.5) is 0 Å². The highest BCUT2D eigenvalue weighted by Gasteiger charge is 2.27. The number of carbonyl (C=O) groups is 1. The van der Waals surface area contributed by atoms with Gasteiger partial charge in [-0.3, -0.25) is 9.78 Å². The number of benzene rings is 1. The number of carbonyl (C=O) groups excluding carboxylic acids is 1. The van der Waals surface area contributed by atoms with E-state index in [0.717, 1.165) is 40.9 Å². The maximum atomic E-state index is 13.4. The van der Waals surface area contributed by atoms with Gasteiger partial charge in [-0.15, -0.1) is 0 Å². The van der Waals surface area contributed by atoms with Crippen LogP contribution in [0.25, 0.3) is 17.0 Å². The van der Waals surface area contributed by atoms with Gasteiger partial charge in [-0.05, 0) is 55.5 Å². The fourth-order valence-corrected chi connectivity index (χ4v) is 4.53. The number of aromatic nitrogens is 4. The third-order valence-corrected chi connectivity index (χ3v) is 6.32. The molecule has 0 spiro atoms. The second-order valence-electron chi connectivity index (χ2n) is 8.56. The lowest BCUT2D eigenvalue weighted by Gasteiger charge is -2.29. The van der Waals surface area contributed by atoms with E-state index in [1.807, 2.05) is 41.9 Å². The molecule has 0 N–H and O–H groups in total. The first-order valence-corrected chi connectivity index (χ1v) is 11.4. The summed E-state index contributed by atoms with van der Waals surface area (Å²) in [5.41, 5.74) is 4.05. The molecule has 1 aliphatic rings. The molecule has 6 nitrogen and oxygen atoms in total. The summed E-state index contributed by atoms with van der Waals surface area (Å²) in [5, 5.41) is 4.68. The van der Waals surface area contributed by atoms with Crippen molar-refractivity contribution in [1.82, 2.24) is 24.6 Å². The monoisotopic (exact) mass is 429 g/mol. The minimum absolute atomic E-state index is 0.150. The summed E-state index contributed by atoms with van der Waals surface area (Å²) in [6.07, 6.45) is 8.34. The molecule has 2 heterocycles. The number of amides is 1. The SMILES string of the molecule is C=C(CC(=O)N(CCn1nc(-c2ccncc2)nc1C)C1CCCC1)c1ccccc1C. The standard InChI is InChI=1S/C26H31N5O/c1-19-8-4-7-11-24(19)20(2)18-25(32)30(23-9-5-6-10-23)16-17-31-21(3)28-26(29-31)22-12-14-27-15-13-22/h4,7-8,11-15,23H,2,5-6,9-10,16-18H2,1,3H3. The van der Waals surface area contributed by atoms with Crippen LogP contribution in [0.15, 0.2) is 55.4 Å². The smallest absolute Gasteiger partial charge is 0.227 e. The molecule has 32 heavy (non-hydrogen) atoms. The molecule has 1 aliphatic carbocycles. The molecule has 0 bridgehead atoms. The molecule has 0 saturated heterocycles. The Kier molecular flexibility index (Phi) is 6.78. The van der Waals surface area contributed by atoms with Crippen molar-refractivity contribution in [1.29, 1.82) is 0 Å². The Morgan fingerprint density at radius 3 is 2.56 bits per heavy atom. The summed E-state index contributed by atoms with van der Waals surface area (Å²) in [6.45, 7) is 9.50. The van der Waals surface area contributed by atoms with Crippen molar-refractivity contribution in [3.05, 3.63) is 72.3 Å². The van der Waals surface area contributed by atoms with Crippen LogP contribution in [0, 0.1) is 13.8 Å². The van der Waals surface area contributed by atoms with Gasteiger partial charge in [0.2, 0.25) is 5.91 Å². The van der Waals surface area contributed by atoms with Crippen molar-refractivity contribution in [2.75, 3.05) is 6.54 Å². The Morgan fingerprint density at radius 2 is 1.84 bits per heavy atom. The molecular weight excluding hydrogens is 398 g/mol. The molecule has 166 valence electrons. The zero-order valence-corrected chi connectivity index (χ0v) is 19.0. The van der Waals surface area contributed by atoms with E-state index < -0.39 is 0 Å². The molecule has 0 unspecified atom stereocenters. The van der Waals surface area contributed by atoms with Gasteiger partial charge in [-0.2, -0.15) is 5.10 Å². The summed E-state index contributed by atoms with van der Waals surface area (Å²) < 4.78 is 1.90. The second-order valence-corrected chi connectivity index (χ2v) is 8.56. The molecule has 0 atom stereocenters. The summed E-state index contributed by atoms with van der Waals surface area (Å²) in [7, 11) is 0. The average Bonchev–Trinajstić information content (AvgIpc) is 3.45. The largest absolute Gasteiger partial charge is 0.338 e. The molecule has 2 aromatic heterocycles. The molecule has 0 aliphatic heterocycles. The zero-order chi connectivity index (χ0) is 22.5. The van der Waals surface area contributed by atoms with E-state index in [1.165, 1.54) is 12.8 Å². The van der Waals surface area contributed by atoms with E-state index in [4.69, 9.17) is 0 Å². The van der Waals surface area contributed by atoms with Gasteiger partial charge in [-0.1, -0.05) is 43.7 Å². The van der Waals surface area contributed by atoms with E-state index in [9.17, 15) is 4.79 Å². The summed E-state index contributed by atoms with van der Waals surface area (Å²) >= 11 is 0. The molecule has 4 rings (SSSR count). The number of rotatable bonds is 8. The van der Waals surface area contributed by atoms with Gasteiger partial charge in [0.15, 0.2) is 5.82 Å². The lowest BCUT2D eigenvalue weighted by atomic mass is 9.99. The van der Waals surface area contributed by atoms with Crippen LogP contribution in [-0.2, 0) is 11.3 Å². The predicted octanol–water partition coefficient (Wildman–Crippen LogP) is 4.83. The van der Waals surface area contributed by atoms with Gasteiger partial charge in [0.05, 0.1) is 13.0 Å². The summed E-state index contributed by atoms with van der Waals surface area (Å²) in [4.78, 5) is 24.1. The number of hydrogen-bond donors (Lipinski definition) is 0. The number of nitrogens with zero attached hydrogens (tertiary/aromatic N) is 5. The van der Waals surface area contributed by atoms with Crippen LogP contribution in [0.1, 0.15) is 49.1 Å². The quantitative estimate of drug-likeness (QED) is 0.514. The van der Waals surface area contributed by atoms with Crippen LogP contribution in [0.2, 0.25) is 0 Å². The Balaban J connectivity index is 1.47. The second kappa shape index (κ2) is 9.90. The highest BCUT2D eigenvalue weighted by Crippen LogP contribution is 2.27. The van der Waals surface area contributed by atoms with E-state index in [0.29, 0.717) is 31.4 Å². The summed E-state index contributed by atoms with van der Waals surface area (Å²) in [5.74, 6) is 1.69. The van der Waals surface area contributed by atoms with Crippen molar-refractivity contribution < 1.29 is 4.79 Å². The molecule has 6 heteroatoms. The number of aryl methyl sites for hydroxylation is 2. The van der Waals surface area contributed by atoms with E-state index in [1.54, 1.807) is 12.4 Å². The van der Waals surface area contributed by atoms with Crippen LogP contribution in [-0.4, -0.2) is 43.1 Å². The first-order valence-electron chi connectivity index (χ1n) is 11.4.